The Morgan fingerprint density at radius 2 is 1.78 bits per heavy atom. The summed E-state index contributed by atoms with van der Waals surface area (Å²) in [5, 5.41) is 10.5. The summed E-state index contributed by atoms with van der Waals surface area (Å²) in [5.41, 5.74) is 1.01. The van der Waals surface area contributed by atoms with E-state index in [0.29, 0.717) is 38.4 Å². The Bertz CT molecular complexity index is 971. The Hall–Kier alpha value is -3.01. The molecule has 0 atom stereocenters. The van der Waals surface area contributed by atoms with E-state index < -0.39 is 12.4 Å². The van der Waals surface area contributed by atoms with Crippen LogP contribution in [0.4, 0.5) is 8.78 Å². The number of alkyl halides is 2. The summed E-state index contributed by atoms with van der Waals surface area (Å²) in [7, 11) is 3.20. The largest absolute Gasteiger partial charge is 0.507 e. The second-order valence-corrected chi connectivity index (χ2v) is 7.06. The number of Topliss-reactive ketones (excluding diaryl/α,β-unsaturated/α-hetero) is 1. The highest BCUT2D eigenvalue weighted by atomic mass is 19.3. The molecule has 1 aliphatic rings. The van der Waals surface area contributed by atoms with Crippen molar-refractivity contribution in [1.29, 1.82) is 0 Å². The molecule has 7 nitrogen and oxygen atoms in total. The fourth-order valence-electron chi connectivity index (χ4n) is 3.33. The van der Waals surface area contributed by atoms with Crippen molar-refractivity contribution in [2.24, 2.45) is 0 Å². The topological polar surface area (TPSA) is 77.5 Å². The summed E-state index contributed by atoms with van der Waals surface area (Å²) >= 11 is 0. The summed E-state index contributed by atoms with van der Waals surface area (Å²) in [6, 6.07) is 9.03. The molecular weight excluding hydrogens is 424 g/mol. The molecular formula is C23H25F2NO6. The predicted molar refractivity (Wildman–Crippen MR) is 113 cm³/mol. The quantitative estimate of drug-likeness (QED) is 0.524. The lowest BCUT2D eigenvalue weighted by molar-refractivity contribution is -0.0499. The zero-order valence-electron chi connectivity index (χ0n) is 17.8. The molecule has 0 amide bonds. The summed E-state index contributed by atoms with van der Waals surface area (Å²) in [4.78, 5) is 14.9. The van der Waals surface area contributed by atoms with E-state index in [1.165, 1.54) is 24.3 Å². The highest BCUT2D eigenvalue weighted by molar-refractivity contribution is 6.15. The highest BCUT2D eigenvalue weighted by Gasteiger charge is 2.32. The molecule has 3 rings (SSSR count). The van der Waals surface area contributed by atoms with Gasteiger partial charge >= 0.3 is 6.61 Å². The number of nitrogens with zero attached hydrogens (tertiary/aromatic N) is 1. The van der Waals surface area contributed by atoms with Crippen molar-refractivity contribution in [3.8, 4) is 17.2 Å². The van der Waals surface area contributed by atoms with Crippen LogP contribution in [0.2, 0.25) is 0 Å². The predicted octanol–water partition coefficient (Wildman–Crippen LogP) is 3.70. The zero-order chi connectivity index (χ0) is 23.1. The van der Waals surface area contributed by atoms with Gasteiger partial charge in [0.2, 0.25) is 5.78 Å². The third-order valence-corrected chi connectivity index (χ3v) is 4.94. The van der Waals surface area contributed by atoms with E-state index in [1.807, 2.05) is 4.90 Å². The minimum atomic E-state index is -3.00. The van der Waals surface area contributed by atoms with Gasteiger partial charge in [-0.25, -0.2) is 0 Å². The molecule has 0 bridgehead atoms. The SMILES string of the molecule is COCCN(CCOC)Cc1c(O)ccc2c1O/C(=C/c1ccccc1OC(F)F)C2=O. The molecule has 172 valence electrons. The molecule has 0 saturated heterocycles. The summed E-state index contributed by atoms with van der Waals surface area (Å²) in [5.74, 6) is -0.297. The second-order valence-electron chi connectivity index (χ2n) is 7.06. The number of hydrogen-bond donors (Lipinski definition) is 1. The summed E-state index contributed by atoms with van der Waals surface area (Å²) < 4.78 is 46.1. The minimum Gasteiger partial charge on any atom is -0.507 e. The standard InChI is InChI=1S/C23H25F2NO6/c1-29-11-9-26(10-12-30-2)14-17-18(27)8-7-16-21(28)20(31-22(16)17)13-15-5-3-4-6-19(15)32-23(24)25/h3-8,13,23,27H,9-12,14H2,1-2H3/b20-13+. The third-order valence-electron chi connectivity index (χ3n) is 4.94. The summed E-state index contributed by atoms with van der Waals surface area (Å²) in [6.07, 6.45) is 1.36. The molecule has 1 heterocycles. The number of phenolic OH excluding ortho intramolecular Hbond substituents is 1. The van der Waals surface area contributed by atoms with Gasteiger partial charge in [0.15, 0.2) is 5.76 Å². The van der Waals surface area contributed by atoms with Crippen LogP contribution in [0.25, 0.3) is 6.08 Å². The number of methoxy groups -OCH3 is 2. The molecule has 0 aliphatic carbocycles. The van der Waals surface area contributed by atoms with Gasteiger partial charge < -0.3 is 24.1 Å². The molecule has 0 spiro atoms. The molecule has 0 unspecified atom stereocenters. The molecule has 2 aromatic rings. The number of allylic oxidation sites excluding steroid dienone is 1. The number of fused-ring (bicyclic) bond motifs is 1. The van der Waals surface area contributed by atoms with Crippen LogP contribution in [0.5, 0.6) is 17.2 Å². The van der Waals surface area contributed by atoms with Crippen LogP contribution in [0.1, 0.15) is 21.5 Å². The minimum absolute atomic E-state index is 0.0148. The molecule has 2 aromatic carbocycles. The Balaban J connectivity index is 1.91. The normalized spacial score (nSPS) is 14.3. The zero-order valence-corrected chi connectivity index (χ0v) is 17.8. The van der Waals surface area contributed by atoms with Gasteiger partial charge in [-0.3, -0.25) is 9.69 Å². The maximum Gasteiger partial charge on any atom is 0.387 e. The number of phenols is 1. The van der Waals surface area contributed by atoms with E-state index in [0.717, 1.165) is 0 Å². The number of para-hydroxylation sites is 1. The van der Waals surface area contributed by atoms with Gasteiger partial charge in [0.1, 0.15) is 17.2 Å². The maximum absolute atomic E-state index is 12.9. The van der Waals surface area contributed by atoms with Crippen molar-refractivity contribution in [3.63, 3.8) is 0 Å². The molecule has 0 fully saturated rings. The van der Waals surface area contributed by atoms with E-state index >= 15 is 0 Å². The lowest BCUT2D eigenvalue weighted by atomic mass is 10.0. The molecule has 9 heteroatoms. The second kappa shape index (κ2) is 11.0. The Kier molecular flexibility index (Phi) is 8.15. The molecule has 0 aromatic heterocycles. The van der Waals surface area contributed by atoms with E-state index in [2.05, 4.69) is 4.74 Å². The fraction of sp³-hybridized carbons (Fsp3) is 0.348. The van der Waals surface area contributed by atoms with Gasteiger partial charge in [-0.1, -0.05) is 18.2 Å². The van der Waals surface area contributed by atoms with Crippen LogP contribution >= 0.6 is 0 Å². The Morgan fingerprint density at radius 3 is 2.44 bits per heavy atom. The van der Waals surface area contributed by atoms with Crippen molar-refractivity contribution in [1.82, 2.24) is 4.90 Å². The van der Waals surface area contributed by atoms with Gasteiger partial charge in [-0.05, 0) is 24.3 Å². The Labute approximate surface area is 184 Å². The molecule has 0 radical (unpaired) electrons. The van der Waals surface area contributed by atoms with Crippen LogP contribution in [0, 0.1) is 0 Å². The van der Waals surface area contributed by atoms with Crippen molar-refractivity contribution in [3.05, 3.63) is 58.8 Å². The fourth-order valence-corrected chi connectivity index (χ4v) is 3.33. The first kappa shape index (κ1) is 23.6. The summed E-state index contributed by atoms with van der Waals surface area (Å²) in [6.45, 7) is -0.583. The van der Waals surface area contributed by atoms with E-state index in [-0.39, 0.29) is 34.1 Å². The Morgan fingerprint density at radius 1 is 1.09 bits per heavy atom. The molecule has 0 saturated carbocycles. The van der Waals surface area contributed by atoms with Crippen LogP contribution < -0.4 is 9.47 Å². The number of halogens is 2. The van der Waals surface area contributed by atoms with Gasteiger partial charge in [0, 0.05) is 39.4 Å². The van der Waals surface area contributed by atoms with Crippen LogP contribution in [0.3, 0.4) is 0 Å². The lowest BCUT2D eigenvalue weighted by Gasteiger charge is -2.23. The van der Waals surface area contributed by atoms with Crippen molar-refractivity contribution < 1.29 is 37.6 Å². The van der Waals surface area contributed by atoms with Crippen molar-refractivity contribution in [2.45, 2.75) is 13.2 Å². The first-order valence-electron chi connectivity index (χ1n) is 9.97. The maximum atomic E-state index is 12.9. The number of ketones is 1. The average molecular weight is 449 g/mol. The molecule has 1 N–H and O–H groups in total. The first-order chi connectivity index (χ1) is 15.4. The molecule has 32 heavy (non-hydrogen) atoms. The van der Waals surface area contributed by atoms with Crippen LogP contribution in [-0.4, -0.2) is 62.9 Å². The number of benzene rings is 2. The number of rotatable bonds is 11. The van der Waals surface area contributed by atoms with E-state index in [1.54, 1.807) is 32.4 Å². The number of ether oxygens (including phenoxy) is 4. The van der Waals surface area contributed by atoms with Crippen molar-refractivity contribution >= 4 is 11.9 Å². The van der Waals surface area contributed by atoms with Gasteiger partial charge in [-0.15, -0.1) is 0 Å². The van der Waals surface area contributed by atoms with E-state index in [4.69, 9.17) is 14.2 Å². The van der Waals surface area contributed by atoms with Gasteiger partial charge in [0.25, 0.3) is 0 Å². The van der Waals surface area contributed by atoms with Crippen molar-refractivity contribution in [2.75, 3.05) is 40.5 Å². The smallest absolute Gasteiger partial charge is 0.387 e. The van der Waals surface area contributed by atoms with Gasteiger partial charge in [0.05, 0.1) is 24.3 Å². The highest BCUT2D eigenvalue weighted by Crippen LogP contribution is 2.40. The third kappa shape index (κ3) is 5.61. The van der Waals surface area contributed by atoms with Crippen LogP contribution in [0.15, 0.2) is 42.2 Å². The van der Waals surface area contributed by atoms with Gasteiger partial charge in [-0.2, -0.15) is 8.78 Å². The molecule has 1 aliphatic heterocycles. The lowest BCUT2D eigenvalue weighted by Crippen LogP contribution is -2.30. The average Bonchev–Trinajstić information content (AvgIpc) is 3.08. The first-order valence-corrected chi connectivity index (χ1v) is 9.97. The number of hydrogen-bond acceptors (Lipinski definition) is 7. The number of carbonyl (C=O) groups is 1. The van der Waals surface area contributed by atoms with E-state index in [9.17, 15) is 18.7 Å². The van der Waals surface area contributed by atoms with Crippen LogP contribution in [-0.2, 0) is 16.0 Å². The number of aromatic hydroxyl groups is 1. The monoisotopic (exact) mass is 449 g/mol. The number of carbonyl (C=O) groups excluding carboxylic acids is 1.